The lowest BCUT2D eigenvalue weighted by Crippen LogP contribution is -2.34. The largest absolute Gasteiger partial charge is 0.386 e. The first-order chi connectivity index (χ1) is 5.43. The first kappa shape index (κ1) is 9.79. The highest BCUT2D eigenvalue weighted by Crippen LogP contribution is 2.37. The van der Waals surface area contributed by atoms with Crippen molar-refractivity contribution in [2.75, 3.05) is 0 Å². The molecule has 0 saturated heterocycles. The van der Waals surface area contributed by atoms with Crippen molar-refractivity contribution in [2.24, 2.45) is 5.92 Å². The molecule has 1 aliphatic rings. The van der Waals surface area contributed by atoms with E-state index in [0.717, 1.165) is 12.8 Å². The standard InChI is InChI=1S/C11H20O/c1-8(2)10-6-5-9(3)7-11(10,4)12/h9,12H,5-7H2,1-4H3. The van der Waals surface area contributed by atoms with E-state index < -0.39 is 5.60 Å². The molecule has 1 fully saturated rings. The number of rotatable bonds is 0. The lowest BCUT2D eigenvalue weighted by atomic mass is 9.75. The van der Waals surface area contributed by atoms with Crippen molar-refractivity contribution in [3.05, 3.63) is 11.1 Å². The molecule has 0 radical (unpaired) electrons. The second-order valence-corrected chi connectivity index (χ2v) is 4.60. The van der Waals surface area contributed by atoms with Gasteiger partial charge in [-0.05, 0) is 51.5 Å². The summed E-state index contributed by atoms with van der Waals surface area (Å²) in [5.41, 5.74) is 2.03. The highest BCUT2D eigenvalue weighted by Gasteiger charge is 2.32. The molecule has 1 heteroatoms. The smallest absolute Gasteiger partial charge is 0.0833 e. The highest BCUT2D eigenvalue weighted by atomic mass is 16.3. The van der Waals surface area contributed by atoms with Crippen molar-refractivity contribution in [3.8, 4) is 0 Å². The molecule has 0 bridgehead atoms. The Labute approximate surface area is 75.5 Å². The van der Waals surface area contributed by atoms with Crippen LogP contribution in [-0.4, -0.2) is 10.7 Å². The average Bonchev–Trinajstić information content (AvgIpc) is 1.82. The van der Waals surface area contributed by atoms with E-state index in [1.165, 1.54) is 17.6 Å². The summed E-state index contributed by atoms with van der Waals surface area (Å²) in [5, 5.41) is 10.1. The topological polar surface area (TPSA) is 20.2 Å². The maximum Gasteiger partial charge on any atom is 0.0833 e. The molecule has 0 aromatic heterocycles. The van der Waals surface area contributed by atoms with E-state index in [1.807, 2.05) is 6.92 Å². The van der Waals surface area contributed by atoms with Gasteiger partial charge in [0.05, 0.1) is 5.60 Å². The zero-order valence-corrected chi connectivity index (χ0v) is 8.65. The Morgan fingerprint density at radius 2 is 2.08 bits per heavy atom. The molecule has 0 aromatic carbocycles. The first-order valence-electron chi connectivity index (χ1n) is 4.82. The second-order valence-electron chi connectivity index (χ2n) is 4.60. The molecule has 1 nitrogen and oxygen atoms in total. The van der Waals surface area contributed by atoms with Gasteiger partial charge in [0.1, 0.15) is 0 Å². The molecule has 1 N–H and O–H groups in total. The van der Waals surface area contributed by atoms with Gasteiger partial charge in [-0.15, -0.1) is 0 Å². The summed E-state index contributed by atoms with van der Waals surface area (Å²) in [5.74, 6) is 0.670. The van der Waals surface area contributed by atoms with Gasteiger partial charge in [0.2, 0.25) is 0 Å². The maximum absolute atomic E-state index is 10.1. The molecule has 2 unspecified atom stereocenters. The summed E-state index contributed by atoms with van der Waals surface area (Å²) in [6, 6.07) is 0. The van der Waals surface area contributed by atoms with Crippen LogP contribution in [0.1, 0.15) is 47.0 Å². The van der Waals surface area contributed by atoms with Crippen LogP contribution in [-0.2, 0) is 0 Å². The van der Waals surface area contributed by atoms with E-state index in [2.05, 4.69) is 20.8 Å². The molecule has 70 valence electrons. The molecule has 1 saturated carbocycles. The summed E-state index contributed by atoms with van der Waals surface area (Å²) in [6.07, 6.45) is 3.24. The SMILES string of the molecule is CC(C)=C1CCC(C)CC1(C)O. The molecule has 0 heterocycles. The fraction of sp³-hybridized carbons (Fsp3) is 0.818. The summed E-state index contributed by atoms with van der Waals surface area (Å²) in [6.45, 7) is 8.36. The van der Waals surface area contributed by atoms with E-state index in [9.17, 15) is 5.11 Å². The maximum atomic E-state index is 10.1. The second kappa shape index (κ2) is 3.21. The van der Waals surface area contributed by atoms with Gasteiger partial charge in [0, 0.05) is 0 Å². The van der Waals surface area contributed by atoms with Crippen molar-refractivity contribution in [1.29, 1.82) is 0 Å². The number of hydrogen-bond acceptors (Lipinski definition) is 1. The third-order valence-electron chi connectivity index (χ3n) is 2.89. The Morgan fingerprint density at radius 1 is 1.50 bits per heavy atom. The Hall–Kier alpha value is -0.300. The van der Waals surface area contributed by atoms with Crippen molar-refractivity contribution < 1.29 is 5.11 Å². The van der Waals surface area contributed by atoms with E-state index in [-0.39, 0.29) is 0 Å². The fourth-order valence-electron chi connectivity index (χ4n) is 2.35. The van der Waals surface area contributed by atoms with Gasteiger partial charge in [-0.1, -0.05) is 12.5 Å². The minimum atomic E-state index is -0.531. The van der Waals surface area contributed by atoms with Crippen LogP contribution in [0.25, 0.3) is 0 Å². The summed E-state index contributed by atoms with van der Waals surface area (Å²) >= 11 is 0. The number of allylic oxidation sites excluding steroid dienone is 1. The van der Waals surface area contributed by atoms with Crippen LogP contribution < -0.4 is 0 Å². The molecule has 12 heavy (non-hydrogen) atoms. The van der Waals surface area contributed by atoms with Gasteiger partial charge < -0.3 is 5.11 Å². The van der Waals surface area contributed by atoms with E-state index in [0.29, 0.717) is 5.92 Å². The predicted octanol–water partition coefficient (Wildman–Crippen LogP) is 2.89. The van der Waals surface area contributed by atoms with Crippen LogP contribution >= 0.6 is 0 Å². The van der Waals surface area contributed by atoms with Crippen LogP contribution in [0.3, 0.4) is 0 Å². The summed E-state index contributed by atoms with van der Waals surface area (Å²) in [4.78, 5) is 0. The quantitative estimate of drug-likeness (QED) is 0.551. The van der Waals surface area contributed by atoms with Crippen LogP contribution in [0.15, 0.2) is 11.1 Å². The average molecular weight is 168 g/mol. The lowest BCUT2D eigenvalue weighted by Gasteiger charge is -2.36. The van der Waals surface area contributed by atoms with Crippen LogP contribution in [0.4, 0.5) is 0 Å². The molecular weight excluding hydrogens is 148 g/mol. The molecule has 1 rings (SSSR count). The van der Waals surface area contributed by atoms with Gasteiger partial charge >= 0.3 is 0 Å². The normalized spacial score (nSPS) is 36.8. The minimum absolute atomic E-state index is 0.531. The molecule has 1 aliphatic carbocycles. The Kier molecular flexibility index (Phi) is 2.62. The third-order valence-corrected chi connectivity index (χ3v) is 2.89. The van der Waals surface area contributed by atoms with Crippen LogP contribution in [0.5, 0.6) is 0 Å². The molecule has 0 amide bonds. The number of hydrogen-bond donors (Lipinski definition) is 1. The Bertz CT molecular complexity index is 197. The Morgan fingerprint density at radius 3 is 2.50 bits per heavy atom. The number of aliphatic hydroxyl groups is 1. The van der Waals surface area contributed by atoms with E-state index in [1.54, 1.807) is 0 Å². The third kappa shape index (κ3) is 1.89. The van der Waals surface area contributed by atoms with Gasteiger partial charge in [0.15, 0.2) is 0 Å². The molecule has 0 aliphatic heterocycles. The molecular formula is C11H20O. The zero-order valence-electron chi connectivity index (χ0n) is 8.65. The molecule has 0 aromatic rings. The van der Waals surface area contributed by atoms with Gasteiger partial charge in [-0.3, -0.25) is 0 Å². The van der Waals surface area contributed by atoms with Crippen molar-refractivity contribution in [2.45, 2.75) is 52.6 Å². The highest BCUT2D eigenvalue weighted by molar-refractivity contribution is 5.22. The zero-order chi connectivity index (χ0) is 9.35. The van der Waals surface area contributed by atoms with E-state index in [4.69, 9.17) is 0 Å². The van der Waals surface area contributed by atoms with Crippen LogP contribution in [0, 0.1) is 5.92 Å². The van der Waals surface area contributed by atoms with Crippen molar-refractivity contribution >= 4 is 0 Å². The van der Waals surface area contributed by atoms with Gasteiger partial charge in [-0.2, -0.15) is 0 Å². The molecule has 0 spiro atoms. The summed E-state index contributed by atoms with van der Waals surface area (Å²) < 4.78 is 0. The Balaban J connectivity index is 2.85. The van der Waals surface area contributed by atoms with Crippen molar-refractivity contribution in [1.82, 2.24) is 0 Å². The van der Waals surface area contributed by atoms with Gasteiger partial charge in [0.25, 0.3) is 0 Å². The van der Waals surface area contributed by atoms with Crippen molar-refractivity contribution in [3.63, 3.8) is 0 Å². The minimum Gasteiger partial charge on any atom is -0.386 e. The summed E-state index contributed by atoms with van der Waals surface area (Å²) in [7, 11) is 0. The fourth-order valence-corrected chi connectivity index (χ4v) is 2.35. The lowest BCUT2D eigenvalue weighted by molar-refractivity contribution is 0.0510. The predicted molar refractivity (Wildman–Crippen MR) is 52.0 cm³/mol. The first-order valence-corrected chi connectivity index (χ1v) is 4.82. The molecule has 2 atom stereocenters. The van der Waals surface area contributed by atoms with Crippen LogP contribution in [0.2, 0.25) is 0 Å². The monoisotopic (exact) mass is 168 g/mol. The van der Waals surface area contributed by atoms with E-state index >= 15 is 0 Å². The van der Waals surface area contributed by atoms with Gasteiger partial charge in [-0.25, -0.2) is 0 Å².